The molecule has 2 N–H and O–H groups in total. The van der Waals surface area contributed by atoms with Crippen molar-refractivity contribution in [2.45, 2.75) is 71.8 Å². The van der Waals surface area contributed by atoms with Crippen molar-refractivity contribution in [2.24, 2.45) is 0 Å². The van der Waals surface area contributed by atoms with Crippen LogP contribution in [-0.4, -0.2) is 70.5 Å². The smallest absolute Gasteiger partial charge is 0.320 e. The Morgan fingerprint density at radius 3 is 2.43 bits per heavy atom. The molecule has 11 heteroatoms. The number of nitriles is 1. The highest BCUT2D eigenvalue weighted by Gasteiger charge is 2.29. The molecule has 0 saturated carbocycles. The maximum atomic E-state index is 13.2. The van der Waals surface area contributed by atoms with Crippen molar-refractivity contribution in [3.05, 3.63) is 111 Å². The zero-order chi connectivity index (χ0) is 37.3. The van der Waals surface area contributed by atoms with E-state index in [4.69, 9.17) is 21.1 Å². The number of hydrogen-bond acceptors (Lipinski definition) is 8. The molecular formula is C42H46ClN5O5. The molecule has 3 aromatic carbocycles. The van der Waals surface area contributed by atoms with Gasteiger partial charge in [-0.2, -0.15) is 5.26 Å². The van der Waals surface area contributed by atoms with Crippen LogP contribution in [-0.2, 0) is 24.6 Å². The van der Waals surface area contributed by atoms with Crippen LogP contribution in [0, 0.1) is 25.2 Å². The second-order valence-electron chi connectivity index (χ2n) is 13.9. The lowest BCUT2D eigenvalue weighted by Crippen LogP contribution is -2.44. The predicted octanol–water partition coefficient (Wildman–Crippen LogP) is 7.31. The van der Waals surface area contributed by atoms with Crippen LogP contribution >= 0.6 is 11.6 Å². The van der Waals surface area contributed by atoms with Crippen molar-refractivity contribution in [1.82, 2.24) is 20.1 Å². The van der Waals surface area contributed by atoms with Gasteiger partial charge in [0, 0.05) is 54.8 Å². The SMILES string of the molecule is Cc1c(COc2cc(OCc3cncc(C#N)c3)c(CN3CCCCC3C(=O)O)cc2Cl)cccc1-c1cccc(C(=O)NCCN2CCCC2)c1C. The summed E-state index contributed by atoms with van der Waals surface area (Å²) in [5.41, 5.74) is 7.47. The Kier molecular flexibility index (Phi) is 12.6. The molecule has 2 fully saturated rings. The summed E-state index contributed by atoms with van der Waals surface area (Å²) in [5.74, 6) is 0.0346. The second kappa shape index (κ2) is 17.7. The van der Waals surface area contributed by atoms with E-state index in [1.54, 1.807) is 24.4 Å². The molecule has 53 heavy (non-hydrogen) atoms. The fourth-order valence-electron chi connectivity index (χ4n) is 7.30. The van der Waals surface area contributed by atoms with Gasteiger partial charge in [0.25, 0.3) is 5.91 Å². The van der Waals surface area contributed by atoms with Crippen molar-refractivity contribution in [1.29, 1.82) is 5.26 Å². The number of pyridine rings is 1. The summed E-state index contributed by atoms with van der Waals surface area (Å²) in [5, 5.41) is 22.7. The first-order chi connectivity index (χ1) is 25.7. The number of nitrogens with one attached hydrogen (secondary N) is 1. The molecule has 2 aliphatic rings. The van der Waals surface area contributed by atoms with Crippen LogP contribution in [0.5, 0.6) is 11.5 Å². The Hall–Kier alpha value is -4.95. The standard InChI is InChI=1S/C42H46ClN5O5/c1-28-32(9-7-10-34(28)35-11-8-12-36(29(35)2)41(49)46-14-18-47-15-5-6-16-47)27-53-40-21-39(52-26-31-19-30(22-44)23-45-24-31)33(20-37(40)43)25-48-17-4-3-13-38(48)42(50)51/h7-12,19-21,23-24,38H,3-6,13-18,25-27H2,1-2H3,(H,46,49)(H,50,51). The van der Waals surface area contributed by atoms with Crippen LogP contribution in [0.3, 0.4) is 0 Å². The fourth-order valence-corrected chi connectivity index (χ4v) is 7.54. The predicted molar refractivity (Wildman–Crippen MR) is 204 cm³/mol. The second-order valence-corrected chi connectivity index (χ2v) is 14.3. The molecule has 1 atom stereocenters. The number of hydrogen-bond donors (Lipinski definition) is 2. The van der Waals surface area contributed by atoms with E-state index >= 15 is 0 Å². The van der Waals surface area contributed by atoms with Gasteiger partial charge in [0.15, 0.2) is 0 Å². The Morgan fingerprint density at radius 1 is 0.925 bits per heavy atom. The number of piperidine rings is 1. The Labute approximate surface area is 316 Å². The largest absolute Gasteiger partial charge is 0.488 e. The van der Waals surface area contributed by atoms with Gasteiger partial charge in [0.1, 0.15) is 36.8 Å². The van der Waals surface area contributed by atoms with Gasteiger partial charge >= 0.3 is 5.97 Å². The van der Waals surface area contributed by atoms with E-state index in [2.05, 4.69) is 34.3 Å². The number of carboxylic acid groups (broad SMARTS) is 1. The molecule has 3 heterocycles. The number of benzene rings is 3. The molecule has 1 amide bonds. The molecule has 276 valence electrons. The Bertz CT molecular complexity index is 1990. The highest BCUT2D eigenvalue weighted by atomic mass is 35.5. The van der Waals surface area contributed by atoms with E-state index in [1.807, 2.05) is 42.2 Å². The molecule has 0 aliphatic carbocycles. The minimum atomic E-state index is -0.840. The maximum absolute atomic E-state index is 13.2. The molecule has 1 unspecified atom stereocenters. The van der Waals surface area contributed by atoms with Crippen molar-refractivity contribution in [3.8, 4) is 28.7 Å². The van der Waals surface area contributed by atoms with Gasteiger partial charge in [-0.3, -0.25) is 19.5 Å². The fraction of sp³-hybridized carbons (Fsp3) is 0.381. The third-order valence-electron chi connectivity index (χ3n) is 10.3. The van der Waals surface area contributed by atoms with Crippen LogP contribution in [0.25, 0.3) is 11.1 Å². The normalized spacial score (nSPS) is 16.2. The number of halogens is 1. The number of likely N-dealkylation sites (tertiary alicyclic amines) is 2. The van der Waals surface area contributed by atoms with Crippen LogP contribution < -0.4 is 14.8 Å². The van der Waals surface area contributed by atoms with Crippen LogP contribution in [0.15, 0.2) is 67.0 Å². The van der Waals surface area contributed by atoms with E-state index in [0.29, 0.717) is 53.7 Å². The summed E-state index contributed by atoms with van der Waals surface area (Å²) >= 11 is 6.85. The molecule has 0 spiro atoms. The summed E-state index contributed by atoms with van der Waals surface area (Å²) < 4.78 is 12.7. The number of rotatable bonds is 14. The minimum Gasteiger partial charge on any atom is -0.488 e. The molecular weight excluding hydrogens is 690 g/mol. The molecule has 4 aromatic rings. The van der Waals surface area contributed by atoms with Gasteiger partial charge in [-0.15, -0.1) is 0 Å². The molecule has 0 radical (unpaired) electrons. The molecule has 2 aliphatic heterocycles. The number of nitrogens with zero attached hydrogens (tertiary/aromatic N) is 4. The number of carboxylic acids is 1. The highest BCUT2D eigenvalue weighted by molar-refractivity contribution is 6.32. The lowest BCUT2D eigenvalue weighted by molar-refractivity contribution is -0.144. The minimum absolute atomic E-state index is 0.0652. The third-order valence-corrected chi connectivity index (χ3v) is 10.6. The first-order valence-electron chi connectivity index (χ1n) is 18.3. The highest BCUT2D eigenvalue weighted by Crippen LogP contribution is 2.37. The number of carbonyl (C=O) groups is 2. The number of carbonyl (C=O) groups excluding carboxylic acids is 1. The molecule has 1 aromatic heterocycles. The van der Waals surface area contributed by atoms with E-state index in [-0.39, 0.29) is 19.1 Å². The third kappa shape index (κ3) is 9.35. The van der Waals surface area contributed by atoms with E-state index in [0.717, 1.165) is 71.4 Å². The molecule has 0 bridgehead atoms. The van der Waals surface area contributed by atoms with Gasteiger partial charge in [0.05, 0.1) is 10.6 Å². The van der Waals surface area contributed by atoms with E-state index in [9.17, 15) is 20.0 Å². The summed E-state index contributed by atoms with van der Waals surface area (Å²) in [6, 6.07) is 18.7. The average molecular weight is 736 g/mol. The number of ether oxygens (including phenoxy) is 2. The van der Waals surface area contributed by atoms with Gasteiger partial charge in [-0.25, -0.2) is 0 Å². The number of aromatic nitrogens is 1. The Morgan fingerprint density at radius 2 is 1.66 bits per heavy atom. The lowest BCUT2D eigenvalue weighted by atomic mass is 9.91. The van der Waals surface area contributed by atoms with Crippen LogP contribution in [0.2, 0.25) is 5.02 Å². The summed E-state index contributed by atoms with van der Waals surface area (Å²) in [6.07, 6.45) is 7.95. The lowest BCUT2D eigenvalue weighted by Gasteiger charge is -2.33. The summed E-state index contributed by atoms with van der Waals surface area (Å²) in [7, 11) is 0. The monoisotopic (exact) mass is 735 g/mol. The Balaban J connectivity index is 1.21. The van der Waals surface area contributed by atoms with Crippen molar-refractivity contribution in [2.75, 3.05) is 32.7 Å². The summed E-state index contributed by atoms with van der Waals surface area (Å²) in [4.78, 5) is 33.8. The van der Waals surface area contributed by atoms with Crippen molar-refractivity contribution >= 4 is 23.5 Å². The number of amides is 1. The van der Waals surface area contributed by atoms with Gasteiger partial charge < -0.3 is 24.8 Å². The zero-order valence-corrected chi connectivity index (χ0v) is 31.1. The maximum Gasteiger partial charge on any atom is 0.320 e. The number of aliphatic carboxylic acids is 1. The summed E-state index contributed by atoms with van der Waals surface area (Å²) in [6.45, 7) is 9.11. The van der Waals surface area contributed by atoms with Crippen molar-refractivity contribution < 1.29 is 24.2 Å². The first-order valence-corrected chi connectivity index (χ1v) is 18.7. The van der Waals surface area contributed by atoms with E-state index < -0.39 is 12.0 Å². The topological polar surface area (TPSA) is 128 Å². The molecule has 6 rings (SSSR count). The first kappa shape index (κ1) is 37.8. The van der Waals surface area contributed by atoms with Gasteiger partial charge in [-0.1, -0.05) is 48.4 Å². The van der Waals surface area contributed by atoms with Crippen LogP contribution in [0.4, 0.5) is 0 Å². The zero-order valence-electron chi connectivity index (χ0n) is 30.4. The van der Waals surface area contributed by atoms with E-state index in [1.165, 1.54) is 19.0 Å². The molecule has 2 saturated heterocycles. The van der Waals surface area contributed by atoms with Gasteiger partial charge in [-0.05, 0) is 105 Å². The van der Waals surface area contributed by atoms with Crippen molar-refractivity contribution in [3.63, 3.8) is 0 Å². The average Bonchev–Trinajstić information content (AvgIpc) is 3.68. The van der Waals surface area contributed by atoms with Crippen LogP contribution in [0.1, 0.15) is 75.8 Å². The van der Waals surface area contributed by atoms with Gasteiger partial charge in [0.2, 0.25) is 0 Å². The quantitative estimate of drug-likeness (QED) is 0.137. The molecule has 10 nitrogen and oxygen atoms in total.